The molecule has 162 valence electrons. The third-order valence-electron chi connectivity index (χ3n) is 4.70. The first-order valence-corrected chi connectivity index (χ1v) is 12.5. The second-order valence-corrected chi connectivity index (χ2v) is 10.5. The first kappa shape index (κ1) is 22.8. The Hall–Kier alpha value is -1.84. The van der Waals surface area contributed by atoms with Crippen LogP contribution in [0.3, 0.4) is 0 Å². The number of aryl methyl sites for hydroxylation is 2. The lowest BCUT2D eigenvalue weighted by molar-refractivity contribution is 0.172. The van der Waals surface area contributed by atoms with Crippen molar-refractivity contribution in [3.8, 4) is 5.75 Å². The molecule has 0 bridgehead atoms. The van der Waals surface area contributed by atoms with Crippen molar-refractivity contribution >= 4 is 48.7 Å². The zero-order valence-corrected chi connectivity index (χ0v) is 19.4. The lowest BCUT2D eigenvalue weighted by Crippen LogP contribution is -2.26. The molecule has 9 heteroatoms. The molecule has 1 atom stereocenters. The Morgan fingerprint density at radius 1 is 1.20 bits per heavy atom. The van der Waals surface area contributed by atoms with E-state index in [4.69, 9.17) is 16.3 Å². The van der Waals surface area contributed by atoms with Crippen LogP contribution in [-0.2, 0) is 10.0 Å². The lowest BCUT2D eigenvalue weighted by Gasteiger charge is -2.15. The highest BCUT2D eigenvalue weighted by molar-refractivity contribution is 7.92. The summed E-state index contributed by atoms with van der Waals surface area (Å²) in [5.41, 5.74) is 2.12. The van der Waals surface area contributed by atoms with Crippen molar-refractivity contribution < 1.29 is 18.3 Å². The molecule has 0 saturated heterocycles. The highest BCUT2D eigenvalue weighted by Crippen LogP contribution is 2.32. The van der Waals surface area contributed by atoms with E-state index in [0.29, 0.717) is 25.3 Å². The Morgan fingerprint density at radius 3 is 2.70 bits per heavy atom. The van der Waals surface area contributed by atoms with Gasteiger partial charge in [0.25, 0.3) is 0 Å². The minimum Gasteiger partial charge on any atom is -0.492 e. The fraction of sp³-hybridized carbons (Fsp3) is 0.333. The normalized spacial score (nSPS) is 12.8. The number of fused-ring (bicyclic) bond motifs is 1. The number of aliphatic hydroxyl groups is 1. The van der Waals surface area contributed by atoms with Crippen molar-refractivity contribution in [1.29, 1.82) is 0 Å². The average molecular weight is 469 g/mol. The minimum atomic E-state index is -3.46. The standard InChI is InChI=1S/C21H25ClN2O4S2/c1-13-14(2)29-21-11-16(5-6-17(13)21)28-9-8-23-12-20(25)15-4-7-18(22)19(10-15)24-30(3,26)27/h4-7,10-11,20,23-25H,8-9,12H2,1-3H3. The summed E-state index contributed by atoms with van der Waals surface area (Å²) in [6, 6.07) is 10.9. The van der Waals surface area contributed by atoms with Crippen LogP contribution in [-0.4, -0.2) is 39.5 Å². The van der Waals surface area contributed by atoms with E-state index in [1.165, 1.54) is 26.6 Å². The van der Waals surface area contributed by atoms with Gasteiger partial charge < -0.3 is 15.2 Å². The van der Waals surface area contributed by atoms with Gasteiger partial charge in [-0.25, -0.2) is 8.42 Å². The molecule has 0 aliphatic rings. The van der Waals surface area contributed by atoms with E-state index in [-0.39, 0.29) is 10.7 Å². The fourth-order valence-corrected chi connectivity index (χ4v) is 4.93. The molecule has 0 aliphatic heterocycles. The first-order chi connectivity index (χ1) is 14.1. The third kappa shape index (κ3) is 5.86. The first-order valence-electron chi connectivity index (χ1n) is 9.42. The number of hydrogen-bond acceptors (Lipinski definition) is 6. The summed E-state index contributed by atoms with van der Waals surface area (Å²) in [7, 11) is -3.46. The van der Waals surface area contributed by atoms with Crippen LogP contribution in [0, 0.1) is 13.8 Å². The summed E-state index contributed by atoms with van der Waals surface area (Å²) in [6.07, 6.45) is 0.239. The van der Waals surface area contributed by atoms with Gasteiger partial charge in [-0.2, -0.15) is 0 Å². The second-order valence-electron chi connectivity index (χ2n) is 7.12. The zero-order valence-electron chi connectivity index (χ0n) is 17.0. The van der Waals surface area contributed by atoms with Crippen molar-refractivity contribution in [1.82, 2.24) is 5.32 Å². The van der Waals surface area contributed by atoms with Crippen LogP contribution >= 0.6 is 22.9 Å². The molecule has 1 aromatic heterocycles. The van der Waals surface area contributed by atoms with Crippen LogP contribution in [0.15, 0.2) is 36.4 Å². The second kappa shape index (κ2) is 9.53. The summed E-state index contributed by atoms with van der Waals surface area (Å²) < 4.78 is 32.2. The summed E-state index contributed by atoms with van der Waals surface area (Å²) in [5, 5.41) is 15.0. The van der Waals surface area contributed by atoms with Crippen molar-refractivity contribution in [3.05, 3.63) is 57.4 Å². The molecule has 30 heavy (non-hydrogen) atoms. The van der Waals surface area contributed by atoms with Gasteiger partial charge in [0.1, 0.15) is 12.4 Å². The highest BCUT2D eigenvalue weighted by atomic mass is 35.5. The van der Waals surface area contributed by atoms with Crippen molar-refractivity contribution in [3.63, 3.8) is 0 Å². The van der Waals surface area contributed by atoms with Crippen molar-refractivity contribution in [2.75, 3.05) is 30.7 Å². The molecule has 0 radical (unpaired) electrons. The average Bonchev–Trinajstić information content (AvgIpc) is 2.95. The molecule has 1 heterocycles. The van der Waals surface area contributed by atoms with Crippen LogP contribution in [0.4, 0.5) is 5.69 Å². The van der Waals surface area contributed by atoms with Gasteiger partial charge in [0.2, 0.25) is 10.0 Å². The smallest absolute Gasteiger partial charge is 0.229 e. The molecular weight excluding hydrogens is 444 g/mol. The zero-order chi connectivity index (χ0) is 21.9. The van der Waals surface area contributed by atoms with Gasteiger partial charge in [-0.15, -0.1) is 11.3 Å². The van der Waals surface area contributed by atoms with Gasteiger partial charge >= 0.3 is 0 Å². The molecule has 0 spiro atoms. The van der Waals surface area contributed by atoms with Crippen LogP contribution in [0.2, 0.25) is 5.02 Å². The van der Waals surface area contributed by atoms with E-state index in [0.717, 1.165) is 12.0 Å². The molecule has 3 aromatic rings. The Balaban J connectivity index is 1.49. The van der Waals surface area contributed by atoms with Gasteiger partial charge in [0, 0.05) is 22.7 Å². The van der Waals surface area contributed by atoms with Gasteiger partial charge in [-0.05, 0) is 60.7 Å². The molecule has 0 aliphatic carbocycles. The molecule has 6 nitrogen and oxygen atoms in total. The summed E-state index contributed by atoms with van der Waals surface area (Å²) in [4.78, 5) is 1.31. The Kier molecular flexibility index (Phi) is 7.26. The number of nitrogens with one attached hydrogen (secondary N) is 2. The minimum absolute atomic E-state index is 0.244. The summed E-state index contributed by atoms with van der Waals surface area (Å²) >= 11 is 7.78. The predicted octanol–water partition coefficient (Wildman–Crippen LogP) is 4.25. The van der Waals surface area contributed by atoms with Crippen LogP contribution in [0.25, 0.3) is 10.1 Å². The maximum Gasteiger partial charge on any atom is 0.229 e. The van der Waals surface area contributed by atoms with Crippen LogP contribution in [0.1, 0.15) is 22.1 Å². The van der Waals surface area contributed by atoms with Gasteiger partial charge in [-0.3, -0.25) is 4.72 Å². The van der Waals surface area contributed by atoms with E-state index < -0.39 is 16.1 Å². The van der Waals surface area contributed by atoms with E-state index in [2.05, 4.69) is 36.0 Å². The number of anilines is 1. The van der Waals surface area contributed by atoms with Gasteiger partial charge in [0.15, 0.2) is 0 Å². The monoisotopic (exact) mass is 468 g/mol. The maximum atomic E-state index is 11.4. The fourth-order valence-electron chi connectivity index (χ4n) is 3.04. The number of sulfonamides is 1. The van der Waals surface area contributed by atoms with Crippen molar-refractivity contribution in [2.24, 2.45) is 0 Å². The SMILES string of the molecule is Cc1sc2cc(OCCNCC(O)c3ccc(Cl)c(NS(C)(=O)=O)c3)ccc2c1C. The molecular formula is C21H25ClN2O4S2. The topological polar surface area (TPSA) is 87.7 Å². The Bertz CT molecular complexity index is 1150. The molecule has 2 aromatic carbocycles. The third-order valence-corrected chi connectivity index (χ3v) is 6.79. The quantitative estimate of drug-likeness (QED) is 0.409. The van der Waals surface area contributed by atoms with Crippen LogP contribution in [0.5, 0.6) is 5.75 Å². The molecule has 3 N–H and O–H groups in total. The summed E-state index contributed by atoms with van der Waals surface area (Å²) in [5.74, 6) is 0.820. The van der Waals surface area contributed by atoms with E-state index in [1.54, 1.807) is 23.5 Å². The lowest BCUT2D eigenvalue weighted by atomic mass is 10.1. The largest absolute Gasteiger partial charge is 0.492 e. The number of hydrogen-bond donors (Lipinski definition) is 3. The summed E-state index contributed by atoms with van der Waals surface area (Å²) in [6.45, 7) is 5.57. The van der Waals surface area contributed by atoms with E-state index in [9.17, 15) is 13.5 Å². The maximum absolute atomic E-state index is 11.4. The van der Waals surface area contributed by atoms with E-state index >= 15 is 0 Å². The molecule has 1 unspecified atom stereocenters. The number of halogens is 1. The molecule has 0 saturated carbocycles. The molecule has 3 rings (SSSR count). The van der Waals surface area contributed by atoms with Crippen LogP contribution < -0.4 is 14.8 Å². The Morgan fingerprint density at radius 2 is 1.97 bits per heavy atom. The molecule has 0 amide bonds. The van der Waals surface area contributed by atoms with E-state index in [1.807, 2.05) is 6.07 Å². The highest BCUT2D eigenvalue weighted by Gasteiger charge is 2.12. The predicted molar refractivity (Wildman–Crippen MR) is 125 cm³/mol. The number of rotatable bonds is 9. The van der Waals surface area contributed by atoms with Crippen molar-refractivity contribution in [2.45, 2.75) is 20.0 Å². The number of ether oxygens (including phenoxy) is 1. The van der Waals surface area contributed by atoms with Gasteiger partial charge in [-0.1, -0.05) is 17.7 Å². The Labute approximate surface area is 185 Å². The number of thiophene rings is 1. The van der Waals surface area contributed by atoms with Gasteiger partial charge in [0.05, 0.1) is 23.1 Å². The number of benzene rings is 2. The molecule has 0 fully saturated rings. The number of aliphatic hydroxyl groups excluding tert-OH is 1.